The van der Waals surface area contributed by atoms with Crippen molar-refractivity contribution in [3.63, 3.8) is 0 Å². The highest BCUT2D eigenvalue weighted by molar-refractivity contribution is 7.99. The number of hydrogen-bond acceptors (Lipinski definition) is 6. The fraction of sp³-hybridized carbons (Fsp3) is 0.250. The second kappa shape index (κ2) is 6.60. The Morgan fingerprint density at radius 2 is 2.16 bits per heavy atom. The van der Waals surface area contributed by atoms with Crippen molar-refractivity contribution in [1.29, 1.82) is 0 Å². The summed E-state index contributed by atoms with van der Waals surface area (Å²) >= 11 is 1.28. The minimum Gasteiger partial charge on any atom is -0.480 e. The van der Waals surface area contributed by atoms with E-state index in [0.717, 1.165) is 0 Å². The van der Waals surface area contributed by atoms with E-state index in [2.05, 4.69) is 0 Å². The molecule has 3 rings (SSSR count). The van der Waals surface area contributed by atoms with Gasteiger partial charge in [-0.1, -0.05) is 6.07 Å². The largest absolute Gasteiger partial charge is 0.480 e. The number of furan rings is 1. The summed E-state index contributed by atoms with van der Waals surface area (Å²) in [7, 11) is 0. The van der Waals surface area contributed by atoms with Crippen molar-refractivity contribution in [2.75, 3.05) is 5.75 Å². The number of nitro benzene ring substituents is 1. The minimum absolute atomic E-state index is 0.0719. The van der Waals surface area contributed by atoms with E-state index in [-0.39, 0.29) is 17.0 Å². The van der Waals surface area contributed by atoms with Gasteiger partial charge in [-0.3, -0.25) is 14.9 Å². The average molecular weight is 362 g/mol. The molecule has 130 valence electrons. The fourth-order valence-corrected chi connectivity index (χ4v) is 4.05. The SMILES string of the molecule is Cc1ccc(C(=O)N2C(C(=O)O)CSC2c2ccco2)cc1[N+](=O)[O-]. The molecule has 1 aliphatic rings. The van der Waals surface area contributed by atoms with E-state index >= 15 is 0 Å². The Kier molecular flexibility index (Phi) is 4.49. The second-order valence-electron chi connectivity index (χ2n) is 5.53. The van der Waals surface area contributed by atoms with Gasteiger partial charge in [0.1, 0.15) is 17.2 Å². The first-order chi connectivity index (χ1) is 11.9. The maximum atomic E-state index is 12.9. The number of nitrogens with zero attached hydrogens (tertiary/aromatic N) is 2. The van der Waals surface area contributed by atoms with Crippen molar-refractivity contribution >= 4 is 29.3 Å². The Hall–Kier alpha value is -2.81. The van der Waals surface area contributed by atoms with Gasteiger partial charge in [-0.15, -0.1) is 11.8 Å². The maximum absolute atomic E-state index is 12.9. The number of rotatable bonds is 4. The van der Waals surface area contributed by atoms with Crippen molar-refractivity contribution in [2.24, 2.45) is 0 Å². The van der Waals surface area contributed by atoms with Crippen LogP contribution < -0.4 is 0 Å². The van der Waals surface area contributed by atoms with E-state index < -0.39 is 28.2 Å². The second-order valence-corrected chi connectivity index (χ2v) is 6.64. The van der Waals surface area contributed by atoms with Gasteiger partial charge in [-0.25, -0.2) is 4.79 Å². The lowest BCUT2D eigenvalue weighted by atomic mass is 10.1. The van der Waals surface area contributed by atoms with Crippen molar-refractivity contribution in [3.05, 3.63) is 63.6 Å². The molecule has 0 radical (unpaired) electrons. The van der Waals surface area contributed by atoms with Gasteiger partial charge in [0.05, 0.1) is 11.2 Å². The summed E-state index contributed by atoms with van der Waals surface area (Å²) in [6, 6.07) is 6.41. The number of aryl methyl sites for hydroxylation is 1. The molecule has 0 bridgehead atoms. The first-order valence-electron chi connectivity index (χ1n) is 7.35. The molecule has 0 saturated carbocycles. The Morgan fingerprint density at radius 1 is 1.40 bits per heavy atom. The van der Waals surface area contributed by atoms with Gasteiger partial charge in [0.2, 0.25) is 0 Å². The molecule has 9 heteroatoms. The molecule has 1 amide bonds. The van der Waals surface area contributed by atoms with E-state index in [0.29, 0.717) is 11.3 Å². The number of nitro groups is 1. The lowest BCUT2D eigenvalue weighted by Gasteiger charge is -2.26. The fourth-order valence-electron chi connectivity index (χ4n) is 2.68. The number of hydrogen-bond donors (Lipinski definition) is 1. The topological polar surface area (TPSA) is 114 Å². The molecule has 2 unspecified atom stereocenters. The molecular formula is C16H14N2O6S. The van der Waals surface area contributed by atoms with Gasteiger partial charge in [0.25, 0.3) is 11.6 Å². The van der Waals surface area contributed by atoms with Crippen LogP contribution >= 0.6 is 11.8 Å². The molecular weight excluding hydrogens is 348 g/mol. The summed E-state index contributed by atoms with van der Waals surface area (Å²) in [6.45, 7) is 1.57. The third-order valence-electron chi connectivity index (χ3n) is 3.96. The van der Waals surface area contributed by atoms with Gasteiger partial charge in [-0.2, -0.15) is 0 Å². The Labute approximate surface area is 146 Å². The maximum Gasteiger partial charge on any atom is 0.327 e. The number of benzene rings is 1. The minimum atomic E-state index is -1.13. The van der Waals surface area contributed by atoms with Crippen LogP contribution in [0.1, 0.15) is 27.1 Å². The molecule has 8 nitrogen and oxygen atoms in total. The number of carboxylic acid groups (broad SMARTS) is 1. The molecule has 25 heavy (non-hydrogen) atoms. The Bertz CT molecular complexity index is 835. The summed E-state index contributed by atoms with van der Waals surface area (Å²) in [6.07, 6.45) is 1.45. The van der Waals surface area contributed by atoms with E-state index in [4.69, 9.17) is 4.42 Å². The van der Waals surface area contributed by atoms with E-state index in [9.17, 15) is 24.8 Å². The zero-order chi connectivity index (χ0) is 18.1. The van der Waals surface area contributed by atoms with Crippen LogP contribution in [0.15, 0.2) is 41.0 Å². The van der Waals surface area contributed by atoms with Crippen molar-refractivity contribution in [1.82, 2.24) is 4.90 Å². The molecule has 2 atom stereocenters. The molecule has 1 aromatic carbocycles. The zero-order valence-electron chi connectivity index (χ0n) is 13.1. The molecule has 1 aromatic heterocycles. The zero-order valence-corrected chi connectivity index (χ0v) is 13.9. The average Bonchev–Trinajstić information content (AvgIpc) is 3.23. The first kappa shape index (κ1) is 17.0. The third kappa shape index (κ3) is 3.10. The molecule has 0 aliphatic carbocycles. The lowest BCUT2D eigenvalue weighted by Crippen LogP contribution is -2.42. The smallest absolute Gasteiger partial charge is 0.327 e. The van der Waals surface area contributed by atoms with Crippen LogP contribution in [-0.2, 0) is 4.79 Å². The standard InChI is InChI=1S/C16H14N2O6S/c1-9-4-5-10(7-11(9)18(22)23)14(19)17-12(16(20)21)8-25-15(17)13-3-2-6-24-13/h2-7,12,15H,8H2,1H3,(H,20,21). The number of carboxylic acids is 1. The first-order valence-corrected chi connectivity index (χ1v) is 8.40. The Balaban J connectivity index is 2.01. The quantitative estimate of drug-likeness (QED) is 0.657. The predicted octanol–water partition coefficient (Wildman–Crippen LogP) is 2.84. The molecule has 2 aromatic rings. The summed E-state index contributed by atoms with van der Waals surface area (Å²) in [4.78, 5) is 36.2. The van der Waals surface area contributed by atoms with Crippen molar-refractivity contribution in [3.8, 4) is 0 Å². The highest BCUT2D eigenvalue weighted by Crippen LogP contribution is 2.42. The van der Waals surface area contributed by atoms with Gasteiger partial charge in [0.15, 0.2) is 0 Å². The monoisotopic (exact) mass is 362 g/mol. The van der Waals surface area contributed by atoms with Crippen LogP contribution in [0.5, 0.6) is 0 Å². The van der Waals surface area contributed by atoms with E-state index in [1.165, 1.54) is 41.1 Å². The number of thioether (sulfide) groups is 1. The number of carbonyl (C=O) groups excluding carboxylic acids is 1. The molecule has 1 aliphatic heterocycles. The van der Waals surface area contributed by atoms with Crippen LogP contribution in [0, 0.1) is 17.0 Å². The molecule has 0 spiro atoms. The Morgan fingerprint density at radius 3 is 2.76 bits per heavy atom. The molecule has 1 fully saturated rings. The number of amides is 1. The number of carbonyl (C=O) groups is 2. The van der Waals surface area contributed by atoms with Crippen LogP contribution in [0.25, 0.3) is 0 Å². The summed E-state index contributed by atoms with van der Waals surface area (Å²) < 4.78 is 5.33. The van der Waals surface area contributed by atoms with Crippen LogP contribution in [0.2, 0.25) is 0 Å². The number of aliphatic carboxylic acids is 1. The van der Waals surface area contributed by atoms with E-state index in [1.54, 1.807) is 19.1 Å². The molecule has 1 saturated heterocycles. The summed E-state index contributed by atoms with van der Waals surface area (Å²) in [5.41, 5.74) is 0.316. The van der Waals surface area contributed by atoms with Crippen molar-refractivity contribution < 1.29 is 24.0 Å². The summed E-state index contributed by atoms with van der Waals surface area (Å²) in [5, 5.41) is 20.0. The van der Waals surface area contributed by atoms with Gasteiger partial charge < -0.3 is 14.4 Å². The van der Waals surface area contributed by atoms with Gasteiger partial charge in [-0.05, 0) is 25.1 Å². The molecule has 1 N–H and O–H groups in total. The van der Waals surface area contributed by atoms with Crippen molar-refractivity contribution in [2.45, 2.75) is 18.3 Å². The highest BCUT2D eigenvalue weighted by atomic mass is 32.2. The van der Waals surface area contributed by atoms with E-state index in [1.807, 2.05) is 0 Å². The van der Waals surface area contributed by atoms with Crippen LogP contribution in [0.4, 0.5) is 5.69 Å². The van der Waals surface area contributed by atoms with Gasteiger partial charge in [0, 0.05) is 22.9 Å². The highest BCUT2D eigenvalue weighted by Gasteiger charge is 2.44. The predicted molar refractivity (Wildman–Crippen MR) is 89.3 cm³/mol. The van der Waals surface area contributed by atoms with Crippen LogP contribution in [-0.4, -0.2) is 38.6 Å². The van der Waals surface area contributed by atoms with Crippen LogP contribution in [0.3, 0.4) is 0 Å². The molecule has 2 heterocycles. The third-order valence-corrected chi connectivity index (χ3v) is 5.24. The lowest BCUT2D eigenvalue weighted by molar-refractivity contribution is -0.385. The van der Waals surface area contributed by atoms with Gasteiger partial charge >= 0.3 is 5.97 Å². The summed E-state index contributed by atoms with van der Waals surface area (Å²) in [5.74, 6) is -1.04. The normalized spacial score (nSPS) is 19.8.